The van der Waals surface area contributed by atoms with Crippen molar-refractivity contribution in [3.63, 3.8) is 0 Å². The van der Waals surface area contributed by atoms with Crippen LogP contribution in [-0.2, 0) is 19.6 Å². The summed E-state index contributed by atoms with van der Waals surface area (Å²) >= 11 is 0. The van der Waals surface area contributed by atoms with E-state index in [1.54, 1.807) is 0 Å². The molecule has 112 valence electrons. The van der Waals surface area contributed by atoms with Crippen molar-refractivity contribution >= 4 is 16.0 Å². The zero-order valence-electron chi connectivity index (χ0n) is 11.4. The Bertz CT molecular complexity index is 366. The van der Waals surface area contributed by atoms with E-state index in [1.807, 2.05) is 0 Å². The number of carbonyl (C=O) groups excluding carboxylic acids is 1. The van der Waals surface area contributed by atoms with Crippen LogP contribution in [0.25, 0.3) is 0 Å². The number of rotatable bonds is 8. The second-order valence-corrected chi connectivity index (χ2v) is 6.41. The molecular formula is C11H23N3O4S. The van der Waals surface area contributed by atoms with Gasteiger partial charge in [-0.3, -0.25) is 9.69 Å². The quantitative estimate of drug-likeness (QED) is 0.545. The lowest BCUT2D eigenvalue weighted by Gasteiger charge is -2.27. The summed E-state index contributed by atoms with van der Waals surface area (Å²) in [5, 5.41) is 3.24. The molecular weight excluding hydrogens is 270 g/mol. The second kappa shape index (κ2) is 8.47. The fourth-order valence-electron chi connectivity index (χ4n) is 1.87. The highest BCUT2D eigenvalue weighted by molar-refractivity contribution is 7.89. The van der Waals surface area contributed by atoms with E-state index in [2.05, 4.69) is 19.7 Å². The summed E-state index contributed by atoms with van der Waals surface area (Å²) < 4.78 is 30.3. The fraction of sp³-hybridized carbons (Fsp3) is 0.909. The number of hydrogen-bond donors (Lipinski definition) is 2. The van der Waals surface area contributed by atoms with Gasteiger partial charge in [-0.25, -0.2) is 13.1 Å². The molecule has 0 atom stereocenters. The molecule has 8 heteroatoms. The Morgan fingerprint density at radius 1 is 1.37 bits per heavy atom. The van der Waals surface area contributed by atoms with Gasteiger partial charge in [-0.2, -0.15) is 0 Å². The van der Waals surface area contributed by atoms with Crippen LogP contribution in [0.1, 0.15) is 12.8 Å². The number of methoxy groups -OCH3 is 1. The van der Waals surface area contributed by atoms with Gasteiger partial charge in [0.05, 0.1) is 12.9 Å². The number of sulfonamides is 1. The van der Waals surface area contributed by atoms with Crippen molar-refractivity contribution in [1.82, 2.24) is 14.9 Å². The predicted molar refractivity (Wildman–Crippen MR) is 72.3 cm³/mol. The smallest absolute Gasteiger partial charge is 0.305 e. The maximum absolute atomic E-state index is 11.6. The van der Waals surface area contributed by atoms with Crippen molar-refractivity contribution in [2.24, 2.45) is 0 Å². The SMILES string of the molecule is COC(=O)CCCS(=O)(=O)NCCN1CCNCC1. The molecule has 0 radical (unpaired) electrons. The van der Waals surface area contributed by atoms with E-state index in [0.717, 1.165) is 32.7 Å². The van der Waals surface area contributed by atoms with Gasteiger partial charge in [0, 0.05) is 45.7 Å². The maximum Gasteiger partial charge on any atom is 0.305 e. The molecule has 0 bridgehead atoms. The van der Waals surface area contributed by atoms with Gasteiger partial charge in [0.15, 0.2) is 0 Å². The largest absolute Gasteiger partial charge is 0.469 e. The van der Waals surface area contributed by atoms with E-state index >= 15 is 0 Å². The molecule has 7 nitrogen and oxygen atoms in total. The highest BCUT2D eigenvalue weighted by atomic mass is 32.2. The topological polar surface area (TPSA) is 87.7 Å². The molecule has 1 saturated heterocycles. The standard InChI is InChI=1S/C11H23N3O4S/c1-18-11(15)3-2-10-19(16,17)13-6-9-14-7-4-12-5-8-14/h12-13H,2-10H2,1H3. The van der Waals surface area contributed by atoms with Crippen LogP contribution in [0.4, 0.5) is 0 Å². The average molecular weight is 293 g/mol. The number of hydrogen-bond acceptors (Lipinski definition) is 6. The fourth-order valence-corrected chi connectivity index (χ4v) is 2.95. The van der Waals surface area contributed by atoms with Crippen molar-refractivity contribution in [3.8, 4) is 0 Å². The molecule has 1 fully saturated rings. The zero-order chi connectivity index (χ0) is 14.1. The van der Waals surface area contributed by atoms with Crippen LogP contribution in [0.15, 0.2) is 0 Å². The van der Waals surface area contributed by atoms with E-state index in [1.165, 1.54) is 7.11 Å². The van der Waals surface area contributed by atoms with Crippen molar-refractivity contribution in [2.75, 3.05) is 52.1 Å². The molecule has 1 aliphatic heterocycles. The molecule has 0 spiro atoms. The van der Waals surface area contributed by atoms with E-state index < -0.39 is 10.0 Å². The van der Waals surface area contributed by atoms with Gasteiger partial charge < -0.3 is 10.1 Å². The Kier molecular flexibility index (Phi) is 7.29. The van der Waals surface area contributed by atoms with Crippen LogP contribution in [0.3, 0.4) is 0 Å². The lowest BCUT2D eigenvalue weighted by atomic mass is 10.3. The predicted octanol–water partition coefficient (Wildman–Crippen LogP) is -1.24. The lowest BCUT2D eigenvalue weighted by molar-refractivity contribution is -0.140. The third-order valence-electron chi connectivity index (χ3n) is 2.98. The van der Waals surface area contributed by atoms with E-state index in [0.29, 0.717) is 6.54 Å². The van der Waals surface area contributed by atoms with Crippen molar-refractivity contribution in [3.05, 3.63) is 0 Å². The van der Waals surface area contributed by atoms with Gasteiger partial charge in [0.1, 0.15) is 0 Å². The first-order valence-corrected chi connectivity index (χ1v) is 8.16. The van der Waals surface area contributed by atoms with Crippen molar-refractivity contribution < 1.29 is 17.9 Å². The molecule has 19 heavy (non-hydrogen) atoms. The first-order valence-electron chi connectivity index (χ1n) is 6.51. The average Bonchev–Trinajstić information content (AvgIpc) is 2.39. The van der Waals surface area contributed by atoms with Crippen molar-refractivity contribution in [2.45, 2.75) is 12.8 Å². The normalized spacial score (nSPS) is 17.3. The molecule has 0 saturated carbocycles. The third-order valence-corrected chi connectivity index (χ3v) is 4.45. The summed E-state index contributed by atoms with van der Waals surface area (Å²) in [5.74, 6) is -0.417. The molecule has 0 unspecified atom stereocenters. The summed E-state index contributed by atoms with van der Waals surface area (Å²) in [6.45, 7) is 4.93. The Morgan fingerprint density at radius 3 is 2.68 bits per heavy atom. The van der Waals surface area contributed by atoms with Gasteiger partial charge in [-0.1, -0.05) is 0 Å². The zero-order valence-corrected chi connectivity index (χ0v) is 12.2. The number of carbonyl (C=O) groups is 1. The van der Waals surface area contributed by atoms with Crippen molar-refractivity contribution in [1.29, 1.82) is 0 Å². The summed E-state index contributed by atoms with van der Waals surface area (Å²) in [7, 11) is -1.99. The third kappa shape index (κ3) is 7.46. The minimum Gasteiger partial charge on any atom is -0.469 e. The van der Waals surface area contributed by atoms with Crippen LogP contribution < -0.4 is 10.0 Å². The second-order valence-electron chi connectivity index (χ2n) is 4.48. The monoisotopic (exact) mass is 293 g/mol. The number of esters is 1. The highest BCUT2D eigenvalue weighted by Crippen LogP contribution is 1.97. The molecule has 0 amide bonds. The number of nitrogens with zero attached hydrogens (tertiary/aromatic N) is 1. The number of ether oxygens (including phenoxy) is 1. The van der Waals surface area contributed by atoms with E-state index in [-0.39, 0.29) is 24.6 Å². The number of piperazine rings is 1. The van der Waals surface area contributed by atoms with Gasteiger partial charge in [-0.05, 0) is 6.42 Å². The Labute approximate surface area is 114 Å². The van der Waals surface area contributed by atoms with Gasteiger partial charge >= 0.3 is 5.97 Å². The van der Waals surface area contributed by atoms with Crippen LogP contribution >= 0.6 is 0 Å². The van der Waals surface area contributed by atoms with Crippen LogP contribution in [0, 0.1) is 0 Å². The van der Waals surface area contributed by atoms with Gasteiger partial charge in [-0.15, -0.1) is 0 Å². The Balaban J connectivity index is 2.13. The summed E-state index contributed by atoms with van der Waals surface area (Å²) in [6, 6.07) is 0. The summed E-state index contributed by atoms with van der Waals surface area (Å²) in [5.41, 5.74) is 0. The van der Waals surface area contributed by atoms with Gasteiger partial charge in [0.25, 0.3) is 0 Å². The molecule has 0 aromatic rings. The first kappa shape index (κ1) is 16.4. The van der Waals surface area contributed by atoms with Crippen LogP contribution in [0.2, 0.25) is 0 Å². The first-order chi connectivity index (χ1) is 9.03. The van der Waals surface area contributed by atoms with E-state index in [4.69, 9.17) is 0 Å². The molecule has 0 aromatic carbocycles. The molecule has 1 aliphatic rings. The van der Waals surface area contributed by atoms with Crippen LogP contribution in [0.5, 0.6) is 0 Å². The van der Waals surface area contributed by atoms with Crippen LogP contribution in [-0.4, -0.2) is 71.4 Å². The minimum atomic E-state index is -3.29. The lowest BCUT2D eigenvalue weighted by Crippen LogP contribution is -2.46. The molecule has 0 aliphatic carbocycles. The number of nitrogens with one attached hydrogen (secondary N) is 2. The molecule has 1 rings (SSSR count). The minimum absolute atomic E-state index is 0.0380. The molecule has 1 heterocycles. The molecule has 0 aromatic heterocycles. The Hall–Kier alpha value is -0.700. The Morgan fingerprint density at radius 2 is 2.05 bits per heavy atom. The van der Waals surface area contributed by atoms with E-state index in [9.17, 15) is 13.2 Å². The maximum atomic E-state index is 11.6. The highest BCUT2D eigenvalue weighted by Gasteiger charge is 2.13. The molecule has 2 N–H and O–H groups in total. The van der Waals surface area contributed by atoms with Gasteiger partial charge in [0.2, 0.25) is 10.0 Å². The summed E-state index contributed by atoms with van der Waals surface area (Å²) in [4.78, 5) is 13.1. The summed E-state index contributed by atoms with van der Waals surface area (Å²) in [6.07, 6.45) is 0.421.